The molecule has 5 atom stereocenters. The SMILES string of the molecule is CC(=O)CCc1ccc(OC2OC(COC(=O)c3cc(O)c(O)c(O)c3)C(O)C(O)C2O)cc1. The van der Waals surface area contributed by atoms with Crippen LogP contribution in [0.3, 0.4) is 0 Å². The van der Waals surface area contributed by atoms with Crippen LogP contribution in [0.15, 0.2) is 36.4 Å². The van der Waals surface area contributed by atoms with Crippen LogP contribution < -0.4 is 4.74 Å². The molecule has 0 aromatic heterocycles. The number of carbonyl (C=O) groups is 2. The second kappa shape index (κ2) is 10.7. The van der Waals surface area contributed by atoms with E-state index in [1.165, 1.54) is 6.92 Å². The van der Waals surface area contributed by atoms with Crippen LogP contribution in [0.2, 0.25) is 0 Å². The first kappa shape index (κ1) is 25.2. The number of hydrogen-bond acceptors (Lipinski definition) is 11. The number of carbonyl (C=O) groups excluding carboxylic acids is 2. The molecule has 5 unspecified atom stereocenters. The lowest BCUT2D eigenvalue weighted by atomic mass is 9.99. The summed E-state index contributed by atoms with van der Waals surface area (Å²) in [4.78, 5) is 23.3. The zero-order valence-electron chi connectivity index (χ0n) is 18.2. The average Bonchev–Trinajstić information content (AvgIpc) is 2.81. The van der Waals surface area contributed by atoms with Gasteiger partial charge in [-0.05, 0) is 43.2 Å². The van der Waals surface area contributed by atoms with Crippen LogP contribution >= 0.6 is 0 Å². The van der Waals surface area contributed by atoms with Crippen LogP contribution in [0.5, 0.6) is 23.0 Å². The molecule has 1 fully saturated rings. The highest BCUT2D eigenvalue weighted by Crippen LogP contribution is 2.35. The van der Waals surface area contributed by atoms with Crippen molar-refractivity contribution in [1.29, 1.82) is 0 Å². The molecule has 2 aromatic rings. The van der Waals surface area contributed by atoms with E-state index in [0.717, 1.165) is 17.7 Å². The summed E-state index contributed by atoms with van der Waals surface area (Å²) in [6.45, 7) is 0.946. The number of esters is 1. The molecule has 1 aliphatic heterocycles. The van der Waals surface area contributed by atoms with Crippen LogP contribution in [0, 0.1) is 0 Å². The maximum atomic E-state index is 12.2. The third kappa shape index (κ3) is 5.94. The Bertz CT molecular complexity index is 997. The minimum atomic E-state index is -1.67. The van der Waals surface area contributed by atoms with Crippen molar-refractivity contribution in [3.63, 3.8) is 0 Å². The lowest BCUT2D eigenvalue weighted by molar-refractivity contribution is -0.277. The van der Waals surface area contributed by atoms with Crippen molar-refractivity contribution >= 4 is 11.8 Å². The molecule has 2 aromatic carbocycles. The summed E-state index contributed by atoms with van der Waals surface area (Å²) in [6, 6.07) is 8.42. The van der Waals surface area contributed by atoms with E-state index in [0.29, 0.717) is 18.6 Å². The smallest absolute Gasteiger partial charge is 0.338 e. The molecule has 0 radical (unpaired) electrons. The first-order chi connectivity index (χ1) is 16.1. The predicted molar refractivity (Wildman–Crippen MR) is 114 cm³/mol. The monoisotopic (exact) mass is 478 g/mol. The molecule has 0 spiro atoms. The molecule has 34 heavy (non-hydrogen) atoms. The number of rotatable bonds is 8. The molecule has 11 heteroatoms. The van der Waals surface area contributed by atoms with E-state index in [2.05, 4.69) is 0 Å². The Morgan fingerprint density at radius 1 is 0.941 bits per heavy atom. The predicted octanol–water partition coefficient (Wildman–Crippen LogP) is 0.368. The van der Waals surface area contributed by atoms with E-state index in [1.54, 1.807) is 24.3 Å². The Morgan fingerprint density at radius 3 is 2.15 bits per heavy atom. The van der Waals surface area contributed by atoms with Crippen molar-refractivity contribution < 1.29 is 54.4 Å². The Hall–Kier alpha value is -3.38. The number of ketones is 1. The molecule has 184 valence electrons. The average molecular weight is 478 g/mol. The number of phenolic OH excluding ortho intramolecular Hbond substituents is 3. The van der Waals surface area contributed by atoms with Crippen molar-refractivity contribution in [2.75, 3.05) is 6.61 Å². The molecular weight excluding hydrogens is 452 g/mol. The van der Waals surface area contributed by atoms with Crippen LogP contribution in [0.4, 0.5) is 0 Å². The van der Waals surface area contributed by atoms with Gasteiger partial charge < -0.3 is 49.6 Å². The van der Waals surface area contributed by atoms with Crippen LogP contribution in [0.25, 0.3) is 0 Å². The third-order valence-corrected chi connectivity index (χ3v) is 5.29. The lowest BCUT2D eigenvalue weighted by Gasteiger charge is -2.39. The molecule has 0 aliphatic carbocycles. The van der Waals surface area contributed by atoms with Gasteiger partial charge >= 0.3 is 5.97 Å². The van der Waals surface area contributed by atoms with Gasteiger partial charge in [0.05, 0.1) is 5.56 Å². The quantitative estimate of drug-likeness (QED) is 0.228. The summed E-state index contributed by atoms with van der Waals surface area (Å²) in [6.07, 6.45) is -6.60. The highest BCUT2D eigenvalue weighted by molar-refractivity contribution is 5.91. The van der Waals surface area contributed by atoms with E-state index < -0.39 is 60.5 Å². The summed E-state index contributed by atoms with van der Waals surface area (Å²) < 4.78 is 16.1. The Balaban J connectivity index is 1.63. The van der Waals surface area contributed by atoms with Gasteiger partial charge in [-0.3, -0.25) is 0 Å². The number of ether oxygens (including phenoxy) is 3. The second-order valence-corrected chi connectivity index (χ2v) is 7.94. The Kier molecular flexibility index (Phi) is 7.94. The van der Waals surface area contributed by atoms with Crippen molar-refractivity contribution in [2.45, 2.75) is 50.5 Å². The number of aliphatic hydroxyl groups excluding tert-OH is 3. The molecule has 0 bridgehead atoms. The molecule has 1 saturated heterocycles. The zero-order valence-corrected chi connectivity index (χ0v) is 18.2. The van der Waals surface area contributed by atoms with Gasteiger partial charge in [0.1, 0.15) is 42.6 Å². The Labute approximate surface area is 194 Å². The minimum absolute atomic E-state index is 0.0670. The fourth-order valence-electron chi connectivity index (χ4n) is 3.30. The van der Waals surface area contributed by atoms with Crippen molar-refractivity contribution in [2.24, 2.45) is 0 Å². The summed E-state index contributed by atoms with van der Waals surface area (Å²) >= 11 is 0. The molecule has 11 nitrogen and oxygen atoms in total. The van der Waals surface area contributed by atoms with Gasteiger partial charge in [0.25, 0.3) is 0 Å². The number of aryl methyl sites for hydroxylation is 1. The number of phenols is 3. The number of aliphatic hydroxyl groups is 3. The second-order valence-electron chi connectivity index (χ2n) is 7.94. The van der Waals surface area contributed by atoms with E-state index in [1.807, 2.05) is 0 Å². The topological polar surface area (TPSA) is 183 Å². The maximum Gasteiger partial charge on any atom is 0.338 e. The highest BCUT2D eigenvalue weighted by atomic mass is 16.7. The van der Waals surface area contributed by atoms with Gasteiger partial charge in [-0.1, -0.05) is 12.1 Å². The van der Waals surface area contributed by atoms with E-state index in [4.69, 9.17) is 14.2 Å². The first-order valence-electron chi connectivity index (χ1n) is 10.4. The summed E-state index contributed by atoms with van der Waals surface area (Å²) in [5.74, 6) is -2.92. The van der Waals surface area contributed by atoms with Crippen molar-refractivity contribution in [3.8, 4) is 23.0 Å². The van der Waals surface area contributed by atoms with Gasteiger partial charge in [-0.2, -0.15) is 0 Å². The molecule has 6 N–H and O–H groups in total. The highest BCUT2D eigenvalue weighted by Gasteiger charge is 2.45. The van der Waals surface area contributed by atoms with Crippen molar-refractivity contribution in [1.82, 2.24) is 0 Å². The number of benzene rings is 2. The standard InChI is InChI=1S/C23H26O11/c1-11(24)2-3-12-4-6-14(7-5-12)33-23-21(30)20(29)19(28)17(34-23)10-32-22(31)13-8-15(25)18(27)16(26)9-13/h4-9,17,19-21,23,25-30H,2-3,10H2,1H3. The minimum Gasteiger partial charge on any atom is -0.504 e. The van der Waals surface area contributed by atoms with Crippen LogP contribution in [0.1, 0.15) is 29.3 Å². The number of aromatic hydroxyl groups is 3. The summed E-state index contributed by atoms with van der Waals surface area (Å²) in [7, 11) is 0. The van der Waals surface area contributed by atoms with Gasteiger partial charge in [0.15, 0.2) is 17.2 Å². The molecule has 1 heterocycles. The lowest BCUT2D eigenvalue weighted by Crippen LogP contribution is -2.60. The summed E-state index contributed by atoms with van der Waals surface area (Å²) in [5.41, 5.74) is 0.621. The van der Waals surface area contributed by atoms with Crippen LogP contribution in [-0.4, -0.2) is 79.7 Å². The van der Waals surface area contributed by atoms with Gasteiger partial charge in [0.2, 0.25) is 6.29 Å². The first-order valence-corrected chi connectivity index (χ1v) is 10.4. The number of hydrogen-bond donors (Lipinski definition) is 6. The zero-order chi connectivity index (χ0) is 25.0. The molecular formula is C23H26O11. The van der Waals surface area contributed by atoms with E-state index in [-0.39, 0.29) is 11.3 Å². The third-order valence-electron chi connectivity index (χ3n) is 5.29. The molecule has 3 rings (SSSR count). The van der Waals surface area contributed by atoms with Crippen LogP contribution in [-0.2, 0) is 20.7 Å². The normalized spacial score (nSPS) is 24.4. The van der Waals surface area contributed by atoms with Gasteiger partial charge in [0, 0.05) is 6.42 Å². The molecule has 1 aliphatic rings. The molecule has 0 amide bonds. The number of Topliss-reactive ketones (excluding diaryl/α,β-unsaturated/α-hetero) is 1. The van der Waals surface area contributed by atoms with Gasteiger partial charge in [-0.15, -0.1) is 0 Å². The molecule has 0 saturated carbocycles. The van der Waals surface area contributed by atoms with Gasteiger partial charge in [-0.25, -0.2) is 4.79 Å². The maximum absolute atomic E-state index is 12.2. The van der Waals surface area contributed by atoms with E-state index in [9.17, 15) is 40.2 Å². The summed E-state index contributed by atoms with van der Waals surface area (Å²) in [5, 5.41) is 59.1. The van der Waals surface area contributed by atoms with E-state index >= 15 is 0 Å². The van der Waals surface area contributed by atoms with Crippen molar-refractivity contribution in [3.05, 3.63) is 47.5 Å². The fraction of sp³-hybridized carbons (Fsp3) is 0.391. The largest absolute Gasteiger partial charge is 0.504 e. The fourth-order valence-corrected chi connectivity index (χ4v) is 3.30. The Morgan fingerprint density at radius 2 is 1.56 bits per heavy atom.